The fourth-order valence-corrected chi connectivity index (χ4v) is 3.97. The quantitative estimate of drug-likeness (QED) is 0.756. The van der Waals surface area contributed by atoms with Crippen LogP contribution in [0.1, 0.15) is 31.2 Å². The van der Waals surface area contributed by atoms with Crippen LogP contribution >= 0.6 is 0 Å². The standard InChI is InChI=1S/C21H23N3O3S/c25-21(14-13-17-8-3-1-4-9-17)23-18-10-7-11-19(16-18)28(26,27)24-20-12-5-2-6-15-22-20/h1,3-4,7-11,13-14,16H,2,5-6,12,15H2,(H,22,24)(H,23,25)/b14-13+. The minimum Gasteiger partial charge on any atom is -0.322 e. The summed E-state index contributed by atoms with van der Waals surface area (Å²) in [6.07, 6.45) is 6.68. The SMILES string of the molecule is O=C(/C=C/c1ccccc1)Nc1cccc(S(=O)(=O)NC2=NCCCCC2)c1. The lowest BCUT2D eigenvalue weighted by atomic mass is 10.2. The molecule has 0 aromatic heterocycles. The molecule has 1 amide bonds. The van der Waals surface area contributed by atoms with Crippen LogP contribution in [-0.4, -0.2) is 26.7 Å². The molecule has 0 unspecified atom stereocenters. The highest BCUT2D eigenvalue weighted by molar-refractivity contribution is 7.90. The highest BCUT2D eigenvalue weighted by Gasteiger charge is 2.17. The van der Waals surface area contributed by atoms with Crippen LogP contribution in [0.15, 0.2) is 70.6 Å². The van der Waals surface area contributed by atoms with Crippen LogP contribution in [0.25, 0.3) is 6.08 Å². The average Bonchev–Trinajstić information content (AvgIpc) is 2.96. The lowest BCUT2D eigenvalue weighted by molar-refractivity contribution is -0.111. The number of carbonyl (C=O) groups is 1. The van der Waals surface area contributed by atoms with Gasteiger partial charge in [-0.3, -0.25) is 14.5 Å². The third-order valence-corrected chi connectivity index (χ3v) is 5.64. The number of amides is 1. The van der Waals surface area contributed by atoms with Gasteiger partial charge in [0.15, 0.2) is 0 Å². The first-order chi connectivity index (χ1) is 13.5. The van der Waals surface area contributed by atoms with Crippen LogP contribution in [-0.2, 0) is 14.8 Å². The summed E-state index contributed by atoms with van der Waals surface area (Å²) in [6, 6.07) is 15.6. The predicted octanol–water partition coefficient (Wildman–Crippen LogP) is 3.59. The smallest absolute Gasteiger partial charge is 0.262 e. The molecule has 0 bridgehead atoms. The van der Waals surface area contributed by atoms with Gasteiger partial charge < -0.3 is 5.32 Å². The Labute approximate surface area is 165 Å². The largest absolute Gasteiger partial charge is 0.322 e. The molecule has 0 fully saturated rings. The van der Waals surface area contributed by atoms with Crippen molar-refractivity contribution in [2.45, 2.75) is 30.6 Å². The van der Waals surface area contributed by atoms with E-state index in [1.54, 1.807) is 18.2 Å². The van der Waals surface area contributed by atoms with Crippen molar-refractivity contribution in [1.82, 2.24) is 4.72 Å². The summed E-state index contributed by atoms with van der Waals surface area (Å²) in [4.78, 5) is 16.5. The van der Waals surface area contributed by atoms with Crippen molar-refractivity contribution in [1.29, 1.82) is 0 Å². The molecule has 0 saturated heterocycles. The van der Waals surface area contributed by atoms with E-state index in [-0.39, 0.29) is 10.8 Å². The molecule has 6 nitrogen and oxygen atoms in total. The molecule has 0 saturated carbocycles. The summed E-state index contributed by atoms with van der Waals surface area (Å²) in [5, 5.41) is 2.69. The molecule has 1 aliphatic heterocycles. The zero-order valence-corrected chi connectivity index (χ0v) is 16.3. The molecule has 1 aliphatic rings. The lowest BCUT2D eigenvalue weighted by Gasteiger charge is -2.11. The number of nitrogens with one attached hydrogen (secondary N) is 2. The van der Waals surface area contributed by atoms with Gasteiger partial charge in [-0.1, -0.05) is 42.8 Å². The van der Waals surface area contributed by atoms with Crippen LogP contribution < -0.4 is 10.0 Å². The topological polar surface area (TPSA) is 87.6 Å². The molecule has 0 atom stereocenters. The van der Waals surface area contributed by atoms with Crippen molar-refractivity contribution < 1.29 is 13.2 Å². The molecule has 1 heterocycles. The summed E-state index contributed by atoms with van der Waals surface area (Å²) in [5.74, 6) is 0.164. The minimum absolute atomic E-state index is 0.0873. The van der Waals surface area contributed by atoms with Crippen LogP contribution in [0.3, 0.4) is 0 Å². The van der Waals surface area contributed by atoms with Crippen molar-refractivity contribution >= 4 is 33.5 Å². The van der Waals surface area contributed by atoms with Gasteiger partial charge in [0, 0.05) is 24.7 Å². The van der Waals surface area contributed by atoms with Gasteiger partial charge in [0.2, 0.25) is 5.91 Å². The normalized spacial score (nSPS) is 14.9. The molecule has 7 heteroatoms. The minimum atomic E-state index is -3.74. The van der Waals surface area contributed by atoms with Crippen LogP contribution in [0.2, 0.25) is 0 Å². The number of sulfonamides is 1. The Kier molecular flexibility index (Phi) is 6.60. The van der Waals surface area contributed by atoms with E-state index in [1.807, 2.05) is 30.3 Å². The Hall–Kier alpha value is -2.93. The molecule has 0 aliphatic carbocycles. The Morgan fingerprint density at radius 2 is 1.82 bits per heavy atom. The van der Waals surface area contributed by atoms with Gasteiger partial charge in [-0.25, -0.2) is 8.42 Å². The first kappa shape index (κ1) is 19.8. The summed E-state index contributed by atoms with van der Waals surface area (Å²) >= 11 is 0. The summed E-state index contributed by atoms with van der Waals surface area (Å²) in [6.45, 7) is 0.641. The molecule has 2 N–H and O–H groups in total. The number of nitrogens with zero attached hydrogens (tertiary/aromatic N) is 1. The Balaban J connectivity index is 1.68. The number of hydrogen-bond donors (Lipinski definition) is 2. The van der Waals surface area contributed by atoms with E-state index in [1.165, 1.54) is 18.2 Å². The number of anilines is 1. The van der Waals surface area contributed by atoms with E-state index in [4.69, 9.17) is 0 Å². The molecule has 2 aromatic rings. The maximum atomic E-state index is 12.6. The van der Waals surface area contributed by atoms with Crippen molar-refractivity contribution in [3.05, 3.63) is 66.2 Å². The number of rotatable bonds is 5. The summed E-state index contributed by atoms with van der Waals surface area (Å²) in [7, 11) is -3.74. The van der Waals surface area contributed by atoms with Crippen molar-refractivity contribution in [3.8, 4) is 0 Å². The van der Waals surface area contributed by atoms with E-state index in [0.717, 1.165) is 24.8 Å². The second-order valence-corrected chi connectivity index (χ2v) is 8.19. The third-order valence-electron chi connectivity index (χ3n) is 4.27. The highest BCUT2D eigenvalue weighted by Crippen LogP contribution is 2.17. The van der Waals surface area contributed by atoms with Gasteiger partial charge >= 0.3 is 0 Å². The van der Waals surface area contributed by atoms with Gasteiger partial charge in [0.25, 0.3) is 10.0 Å². The Morgan fingerprint density at radius 3 is 2.64 bits per heavy atom. The van der Waals surface area contributed by atoms with Gasteiger partial charge in [-0.15, -0.1) is 0 Å². The number of amidine groups is 1. The van der Waals surface area contributed by atoms with Crippen molar-refractivity contribution in [3.63, 3.8) is 0 Å². The zero-order chi connectivity index (χ0) is 19.8. The highest BCUT2D eigenvalue weighted by atomic mass is 32.2. The third kappa shape index (κ3) is 5.79. The van der Waals surface area contributed by atoms with E-state index in [9.17, 15) is 13.2 Å². The molecule has 0 radical (unpaired) electrons. The molecule has 3 rings (SSSR count). The monoisotopic (exact) mass is 397 g/mol. The Bertz CT molecular complexity index is 983. The number of hydrogen-bond acceptors (Lipinski definition) is 4. The van der Waals surface area contributed by atoms with Gasteiger partial charge in [0.05, 0.1) is 4.90 Å². The van der Waals surface area contributed by atoms with E-state index in [0.29, 0.717) is 24.5 Å². The second kappa shape index (κ2) is 9.32. The van der Waals surface area contributed by atoms with Crippen molar-refractivity contribution in [2.24, 2.45) is 4.99 Å². The molecule has 0 spiro atoms. The molecule has 146 valence electrons. The first-order valence-corrected chi connectivity index (χ1v) is 10.7. The summed E-state index contributed by atoms with van der Waals surface area (Å²) in [5.41, 5.74) is 1.32. The number of carbonyl (C=O) groups excluding carboxylic acids is 1. The molecule has 2 aromatic carbocycles. The van der Waals surface area contributed by atoms with E-state index >= 15 is 0 Å². The molecular formula is C21H23N3O3S. The number of benzene rings is 2. The van der Waals surface area contributed by atoms with Crippen LogP contribution in [0.5, 0.6) is 0 Å². The number of aliphatic imine (C=N–C) groups is 1. The zero-order valence-electron chi connectivity index (χ0n) is 15.5. The van der Waals surface area contributed by atoms with Gasteiger partial charge in [0.1, 0.15) is 5.84 Å². The van der Waals surface area contributed by atoms with Crippen molar-refractivity contribution in [2.75, 3.05) is 11.9 Å². The molecular weight excluding hydrogens is 374 g/mol. The first-order valence-electron chi connectivity index (χ1n) is 9.23. The predicted molar refractivity (Wildman–Crippen MR) is 112 cm³/mol. The maximum absolute atomic E-state index is 12.6. The average molecular weight is 398 g/mol. The lowest BCUT2D eigenvalue weighted by Crippen LogP contribution is -2.30. The van der Waals surface area contributed by atoms with E-state index in [2.05, 4.69) is 15.0 Å². The van der Waals surface area contributed by atoms with Gasteiger partial charge in [-0.2, -0.15) is 0 Å². The van der Waals surface area contributed by atoms with Crippen LogP contribution in [0.4, 0.5) is 5.69 Å². The van der Waals surface area contributed by atoms with E-state index < -0.39 is 10.0 Å². The maximum Gasteiger partial charge on any atom is 0.262 e. The second-order valence-electron chi connectivity index (χ2n) is 6.51. The van der Waals surface area contributed by atoms with Crippen LogP contribution in [0, 0.1) is 0 Å². The fraction of sp³-hybridized carbons (Fsp3) is 0.238. The molecule has 28 heavy (non-hydrogen) atoms. The fourth-order valence-electron chi connectivity index (χ4n) is 2.83. The summed E-state index contributed by atoms with van der Waals surface area (Å²) < 4.78 is 27.9. The van der Waals surface area contributed by atoms with Gasteiger partial charge in [-0.05, 0) is 42.7 Å². The Morgan fingerprint density at radius 1 is 1.00 bits per heavy atom.